The third kappa shape index (κ3) is 1.80. The van der Waals surface area contributed by atoms with E-state index in [1.807, 2.05) is 0 Å². The molecule has 0 heterocycles. The third-order valence-electron chi connectivity index (χ3n) is 1.81. The molecule has 0 radical (unpaired) electrons. The Kier molecular flexibility index (Phi) is 2.43. The number of Topliss-reactive ketones (excluding diaryl/α,β-unsaturated/α-hetero) is 1. The van der Waals surface area contributed by atoms with E-state index < -0.39 is 10.7 Å². The van der Waals surface area contributed by atoms with Gasteiger partial charge in [-0.15, -0.1) is 0 Å². The van der Waals surface area contributed by atoms with E-state index in [2.05, 4.69) is 0 Å². The molecule has 10 heavy (non-hydrogen) atoms. The summed E-state index contributed by atoms with van der Waals surface area (Å²) in [7, 11) is -2.29. The summed E-state index contributed by atoms with van der Waals surface area (Å²) >= 11 is 0. The molecule has 0 aliphatic heterocycles. The lowest BCUT2D eigenvalue weighted by atomic mass is 9.99. The van der Waals surface area contributed by atoms with Crippen LogP contribution in [0.15, 0.2) is 0 Å². The highest BCUT2D eigenvalue weighted by molar-refractivity contribution is 7.73. The second-order valence-electron chi connectivity index (χ2n) is 2.56. The number of thiol groups is 1. The van der Waals surface area contributed by atoms with Gasteiger partial charge in [0.15, 0.2) is 0 Å². The average Bonchev–Trinajstić information content (AvgIpc) is 1.88. The topological polar surface area (TPSA) is 51.2 Å². The molecular weight excluding hydrogens is 152 g/mol. The van der Waals surface area contributed by atoms with E-state index in [1.165, 1.54) is 0 Å². The minimum atomic E-state index is -2.29. The highest BCUT2D eigenvalue weighted by Gasteiger charge is 2.20. The van der Waals surface area contributed by atoms with Crippen LogP contribution in [0.25, 0.3) is 0 Å². The zero-order valence-corrected chi connectivity index (χ0v) is 6.47. The molecule has 0 saturated heterocycles. The summed E-state index contributed by atoms with van der Waals surface area (Å²) in [5.41, 5.74) is 0. The molecule has 0 aromatic carbocycles. The third-order valence-corrected chi connectivity index (χ3v) is 2.92. The van der Waals surface area contributed by atoms with Gasteiger partial charge >= 0.3 is 0 Å². The number of hydrogen-bond acceptors (Lipinski definition) is 3. The molecule has 1 saturated carbocycles. The second-order valence-corrected chi connectivity index (χ2v) is 3.86. The molecule has 0 spiro atoms. The lowest BCUT2D eigenvalue weighted by Gasteiger charge is -2.13. The Bertz CT molecular complexity index is 189. The zero-order valence-electron chi connectivity index (χ0n) is 5.58. The van der Waals surface area contributed by atoms with Crippen LogP contribution in [0.2, 0.25) is 0 Å². The minimum absolute atomic E-state index is 0.202. The smallest absolute Gasteiger partial charge is 0.143 e. The van der Waals surface area contributed by atoms with E-state index in [1.54, 1.807) is 0 Å². The molecule has 0 aromatic rings. The monoisotopic (exact) mass is 162 g/mol. The number of carbonyl (C=O) groups excluding carboxylic acids is 1. The molecule has 1 rings (SSSR count). The Morgan fingerprint density at radius 2 is 1.70 bits per heavy atom. The van der Waals surface area contributed by atoms with Gasteiger partial charge < -0.3 is 0 Å². The molecule has 1 aliphatic carbocycles. The van der Waals surface area contributed by atoms with Crippen molar-refractivity contribution in [3.63, 3.8) is 0 Å². The van der Waals surface area contributed by atoms with E-state index in [0.717, 1.165) is 0 Å². The van der Waals surface area contributed by atoms with Gasteiger partial charge in [-0.2, -0.15) is 0 Å². The van der Waals surface area contributed by atoms with Crippen LogP contribution in [0.1, 0.15) is 25.7 Å². The number of carbonyl (C=O) groups is 1. The Balaban J connectivity index is 2.47. The Morgan fingerprint density at radius 1 is 1.20 bits per heavy atom. The summed E-state index contributed by atoms with van der Waals surface area (Å²) in [5, 5.41) is -0.229. The van der Waals surface area contributed by atoms with Crippen LogP contribution in [0.4, 0.5) is 0 Å². The van der Waals surface area contributed by atoms with Crippen molar-refractivity contribution in [2.45, 2.75) is 30.9 Å². The molecule has 0 unspecified atom stereocenters. The Labute approximate surface area is 61.4 Å². The highest BCUT2D eigenvalue weighted by atomic mass is 32.2. The molecule has 58 valence electrons. The van der Waals surface area contributed by atoms with Crippen LogP contribution in [-0.4, -0.2) is 19.5 Å². The van der Waals surface area contributed by atoms with Crippen molar-refractivity contribution in [2.24, 2.45) is 0 Å². The maximum Gasteiger partial charge on any atom is 0.143 e. The summed E-state index contributed by atoms with van der Waals surface area (Å²) in [6, 6.07) is 0. The number of rotatable bonds is 1. The van der Waals surface area contributed by atoms with E-state index in [4.69, 9.17) is 0 Å². The molecule has 0 atom stereocenters. The molecule has 0 bridgehead atoms. The standard InChI is InChI=1S/C6H10O3S/c7-5-1-3-6(4-2-5)10(8)9/h6,10H,1-4H2. The van der Waals surface area contributed by atoms with Gasteiger partial charge in [0.2, 0.25) is 0 Å². The van der Waals surface area contributed by atoms with Crippen molar-refractivity contribution < 1.29 is 13.2 Å². The van der Waals surface area contributed by atoms with Crippen LogP contribution in [0.5, 0.6) is 0 Å². The predicted molar refractivity (Wildman–Crippen MR) is 37.6 cm³/mol. The fourth-order valence-electron chi connectivity index (χ4n) is 1.14. The number of hydrogen-bond donors (Lipinski definition) is 1. The summed E-state index contributed by atoms with van der Waals surface area (Å²) < 4.78 is 20.8. The van der Waals surface area contributed by atoms with Crippen LogP contribution in [0.3, 0.4) is 0 Å². The van der Waals surface area contributed by atoms with Gasteiger partial charge in [-0.25, -0.2) is 8.42 Å². The summed E-state index contributed by atoms with van der Waals surface area (Å²) in [6.45, 7) is 0. The lowest BCUT2D eigenvalue weighted by Crippen LogP contribution is -2.19. The van der Waals surface area contributed by atoms with E-state index >= 15 is 0 Å². The maximum atomic E-state index is 10.6. The van der Waals surface area contributed by atoms with Crippen LogP contribution in [-0.2, 0) is 15.5 Å². The summed E-state index contributed by atoms with van der Waals surface area (Å²) in [4.78, 5) is 10.6. The van der Waals surface area contributed by atoms with Gasteiger partial charge in [-0.3, -0.25) is 4.79 Å². The molecule has 0 amide bonds. The normalized spacial score (nSPS) is 21.9. The zero-order chi connectivity index (χ0) is 7.56. The average molecular weight is 162 g/mol. The van der Waals surface area contributed by atoms with Gasteiger partial charge in [0.1, 0.15) is 16.5 Å². The van der Waals surface area contributed by atoms with Crippen molar-refractivity contribution >= 4 is 16.5 Å². The molecule has 0 aromatic heterocycles. The van der Waals surface area contributed by atoms with Gasteiger partial charge in [0, 0.05) is 12.8 Å². The van der Waals surface area contributed by atoms with E-state index in [0.29, 0.717) is 25.7 Å². The molecule has 4 heteroatoms. The first kappa shape index (κ1) is 7.72. The van der Waals surface area contributed by atoms with Crippen LogP contribution in [0, 0.1) is 0 Å². The quantitative estimate of drug-likeness (QED) is 0.557. The summed E-state index contributed by atoms with van der Waals surface area (Å²) in [6.07, 6.45) is 1.98. The first-order valence-electron chi connectivity index (χ1n) is 3.35. The summed E-state index contributed by atoms with van der Waals surface area (Å²) in [5.74, 6) is 0.202. The minimum Gasteiger partial charge on any atom is -0.300 e. The fourth-order valence-corrected chi connectivity index (χ4v) is 1.82. The SMILES string of the molecule is O=C1CCC([SH](=O)=O)CC1. The van der Waals surface area contributed by atoms with Gasteiger partial charge in [0.05, 0.1) is 5.25 Å². The van der Waals surface area contributed by atoms with Crippen molar-refractivity contribution in [3.05, 3.63) is 0 Å². The highest BCUT2D eigenvalue weighted by Crippen LogP contribution is 2.16. The lowest BCUT2D eigenvalue weighted by molar-refractivity contribution is -0.120. The van der Waals surface area contributed by atoms with Crippen molar-refractivity contribution in [2.75, 3.05) is 0 Å². The van der Waals surface area contributed by atoms with Gasteiger partial charge in [-0.1, -0.05) is 0 Å². The Morgan fingerprint density at radius 3 is 2.10 bits per heavy atom. The molecule has 1 fully saturated rings. The Hall–Kier alpha value is -0.380. The van der Waals surface area contributed by atoms with Gasteiger partial charge in [0.25, 0.3) is 0 Å². The fraction of sp³-hybridized carbons (Fsp3) is 0.833. The second kappa shape index (κ2) is 3.14. The molecule has 3 nitrogen and oxygen atoms in total. The number of ketones is 1. The van der Waals surface area contributed by atoms with Crippen LogP contribution < -0.4 is 0 Å². The molecule has 0 N–H and O–H groups in total. The van der Waals surface area contributed by atoms with Crippen LogP contribution >= 0.6 is 0 Å². The first-order valence-corrected chi connectivity index (χ1v) is 4.60. The first-order chi connectivity index (χ1) is 4.70. The van der Waals surface area contributed by atoms with Crippen molar-refractivity contribution in [1.82, 2.24) is 0 Å². The van der Waals surface area contributed by atoms with Gasteiger partial charge in [-0.05, 0) is 12.8 Å². The maximum absolute atomic E-state index is 10.6. The van der Waals surface area contributed by atoms with Crippen molar-refractivity contribution in [1.29, 1.82) is 0 Å². The molecular formula is C6H10O3S. The predicted octanol–water partition coefficient (Wildman–Crippen LogP) is 0.110. The van der Waals surface area contributed by atoms with Crippen molar-refractivity contribution in [3.8, 4) is 0 Å². The largest absolute Gasteiger partial charge is 0.300 e. The molecule has 1 aliphatic rings. The van der Waals surface area contributed by atoms with E-state index in [-0.39, 0.29) is 11.0 Å². The van der Waals surface area contributed by atoms with E-state index in [9.17, 15) is 13.2 Å².